The number of nitrogens with zero attached hydrogens (tertiary/aromatic N) is 2. The molecule has 0 aromatic carbocycles. The Hall–Kier alpha value is -1.76. The molecule has 2 rings (SSSR count). The van der Waals surface area contributed by atoms with E-state index in [0.29, 0.717) is 29.0 Å². The van der Waals surface area contributed by atoms with Gasteiger partial charge in [0.25, 0.3) is 0 Å². The first-order chi connectivity index (χ1) is 8.20. The van der Waals surface area contributed by atoms with Gasteiger partial charge in [0.2, 0.25) is 0 Å². The first-order valence-electron chi connectivity index (χ1n) is 6.13. The van der Waals surface area contributed by atoms with Gasteiger partial charge in [-0.3, -0.25) is 0 Å². The van der Waals surface area contributed by atoms with Crippen molar-refractivity contribution in [2.45, 2.75) is 38.6 Å². The highest BCUT2D eigenvalue weighted by molar-refractivity contribution is 5.57. The van der Waals surface area contributed by atoms with E-state index < -0.39 is 0 Å². The lowest BCUT2D eigenvalue weighted by molar-refractivity contribution is 0.349. The van der Waals surface area contributed by atoms with Crippen LogP contribution in [0.2, 0.25) is 0 Å². The molecule has 1 aliphatic rings. The van der Waals surface area contributed by atoms with Crippen LogP contribution >= 0.6 is 0 Å². The summed E-state index contributed by atoms with van der Waals surface area (Å²) in [6.45, 7) is 2.25. The zero-order valence-corrected chi connectivity index (χ0v) is 10.1. The van der Waals surface area contributed by atoms with Crippen molar-refractivity contribution in [3.8, 4) is 6.07 Å². The molecular formula is C13H18N4. The molecule has 0 saturated heterocycles. The van der Waals surface area contributed by atoms with Crippen LogP contribution in [0.15, 0.2) is 12.3 Å². The number of hydrogen-bond acceptors (Lipinski definition) is 4. The second kappa shape index (κ2) is 5.05. The molecule has 2 atom stereocenters. The van der Waals surface area contributed by atoms with Crippen molar-refractivity contribution in [1.29, 1.82) is 5.26 Å². The number of nitrogen functional groups attached to an aromatic ring is 1. The van der Waals surface area contributed by atoms with Gasteiger partial charge in [-0.25, -0.2) is 4.98 Å². The molecule has 0 spiro atoms. The highest BCUT2D eigenvalue weighted by Crippen LogP contribution is 2.27. The lowest BCUT2D eigenvalue weighted by Gasteiger charge is -2.30. The van der Waals surface area contributed by atoms with Crippen LogP contribution in [0, 0.1) is 17.2 Å². The fourth-order valence-corrected chi connectivity index (χ4v) is 2.39. The Morgan fingerprint density at radius 2 is 2.24 bits per heavy atom. The maximum absolute atomic E-state index is 9.05. The van der Waals surface area contributed by atoms with Crippen LogP contribution in [0.25, 0.3) is 0 Å². The molecule has 0 radical (unpaired) electrons. The van der Waals surface area contributed by atoms with E-state index >= 15 is 0 Å². The van der Waals surface area contributed by atoms with E-state index in [1.54, 1.807) is 12.3 Å². The summed E-state index contributed by atoms with van der Waals surface area (Å²) in [5.74, 6) is 1.30. The van der Waals surface area contributed by atoms with E-state index in [1.807, 2.05) is 0 Å². The largest absolute Gasteiger partial charge is 0.397 e. The van der Waals surface area contributed by atoms with Crippen molar-refractivity contribution in [2.75, 3.05) is 11.1 Å². The van der Waals surface area contributed by atoms with E-state index in [9.17, 15) is 0 Å². The average Bonchev–Trinajstić information content (AvgIpc) is 2.34. The van der Waals surface area contributed by atoms with E-state index in [-0.39, 0.29) is 0 Å². The van der Waals surface area contributed by atoms with Crippen molar-refractivity contribution in [1.82, 2.24) is 4.98 Å². The number of anilines is 2. The van der Waals surface area contributed by atoms with E-state index in [1.165, 1.54) is 19.3 Å². The molecule has 4 nitrogen and oxygen atoms in total. The van der Waals surface area contributed by atoms with Crippen LogP contribution in [0.5, 0.6) is 0 Å². The van der Waals surface area contributed by atoms with Crippen LogP contribution < -0.4 is 11.1 Å². The van der Waals surface area contributed by atoms with Gasteiger partial charge in [-0.2, -0.15) is 5.26 Å². The Morgan fingerprint density at radius 3 is 2.94 bits per heavy atom. The third-order valence-corrected chi connectivity index (χ3v) is 3.46. The molecule has 90 valence electrons. The molecule has 4 heteroatoms. The van der Waals surface area contributed by atoms with Gasteiger partial charge < -0.3 is 11.1 Å². The van der Waals surface area contributed by atoms with Gasteiger partial charge in [-0.05, 0) is 24.8 Å². The predicted octanol–water partition coefficient (Wildman–Crippen LogP) is 2.53. The summed E-state index contributed by atoms with van der Waals surface area (Å²) < 4.78 is 0. The van der Waals surface area contributed by atoms with Gasteiger partial charge in [0.1, 0.15) is 11.9 Å². The molecule has 1 aromatic heterocycles. The quantitative estimate of drug-likeness (QED) is 0.818. The maximum Gasteiger partial charge on any atom is 0.144 e. The number of pyridine rings is 1. The SMILES string of the molecule is CC1CCCCC1Nc1ncc(N)cc1C#N. The van der Waals surface area contributed by atoms with Gasteiger partial charge in [-0.15, -0.1) is 0 Å². The third kappa shape index (κ3) is 2.68. The molecule has 1 fully saturated rings. The Labute approximate surface area is 102 Å². The monoisotopic (exact) mass is 230 g/mol. The summed E-state index contributed by atoms with van der Waals surface area (Å²) in [5.41, 5.74) is 6.68. The smallest absolute Gasteiger partial charge is 0.144 e. The Bertz CT molecular complexity index is 436. The minimum atomic E-state index is 0.423. The molecule has 3 N–H and O–H groups in total. The molecule has 1 saturated carbocycles. The second-order valence-electron chi connectivity index (χ2n) is 4.79. The molecular weight excluding hydrogens is 212 g/mol. The normalized spacial score (nSPS) is 24.0. The van der Waals surface area contributed by atoms with Crippen LogP contribution in [0.4, 0.5) is 11.5 Å². The molecule has 0 aliphatic heterocycles. The zero-order valence-electron chi connectivity index (χ0n) is 10.1. The summed E-state index contributed by atoms with van der Waals surface area (Å²) in [7, 11) is 0. The standard InChI is InChI=1S/C13H18N4/c1-9-4-2-3-5-12(9)17-13-10(7-14)6-11(15)8-16-13/h6,8-9,12H,2-5,15H2,1H3,(H,16,17). The minimum absolute atomic E-state index is 0.423. The fraction of sp³-hybridized carbons (Fsp3) is 0.538. The van der Waals surface area contributed by atoms with Gasteiger partial charge in [-0.1, -0.05) is 19.8 Å². The van der Waals surface area contributed by atoms with Crippen LogP contribution in [0.1, 0.15) is 38.2 Å². The van der Waals surface area contributed by atoms with Crippen molar-refractivity contribution in [3.63, 3.8) is 0 Å². The van der Waals surface area contributed by atoms with Crippen molar-refractivity contribution >= 4 is 11.5 Å². The number of hydrogen-bond donors (Lipinski definition) is 2. The second-order valence-corrected chi connectivity index (χ2v) is 4.79. The lowest BCUT2D eigenvalue weighted by atomic mass is 9.86. The zero-order chi connectivity index (χ0) is 12.3. The van der Waals surface area contributed by atoms with Crippen molar-refractivity contribution in [3.05, 3.63) is 17.8 Å². The molecule has 1 heterocycles. The summed E-state index contributed by atoms with van der Waals surface area (Å²) in [6.07, 6.45) is 6.54. The average molecular weight is 230 g/mol. The van der Waals surface area contributed by atoms with E-state index in [4.69, 9.17) is 11.0 Å². The van der Waals surface area contributed by atoms with Crippen LogP contribution in [-0.2, 0) is 0 Å². The Morgan fingerprint density at radius 1 is 1.47 bits per heavy atom. The molecule has 0 amide bonds. The van der Waals surface area contributed by atoms with Gasteiger partial charge in [0.05, 0.1) is 17.4 Å². The fourth-order valence-electron chi connectivity index (χ4n) is 2.39. The van der Waals surface area contributed by atoms with E-state index in [0.717, 1.165) is 6.42 Å². The summed E-state index contributed by atoms with van der Waals surface area (Å²) >= 11 is 0. The first-order valence-corrected chi connectivity index (χ1v) is 6.13. The van der Waals surface area contributed by atoms with Crippen LogP contribution in [-0.4, -0.2) is 11.0 Å². The van der Waals surface area contributed by atoms with Gasteiger partial charge in [0.15, 0.2) is 0 Å². The lowest BCUT2D eigenvalue weighted by Crippen LogP contribution is -2.31. The molecule has 1 aromatic rings. The van der Waals surface area contributed by atoms with E-state index in [2.05, 4.69) is 23.3 Å². The number of nitriles is 1. The summed E-state index contributed by atoms with van der Waals surface area (Å²) in [5, 5.41) is 12.4. The molecule has 2 unspecified atom stereocenters. The number of aromatic nitrogens is 1. The van der Waals surface area contributed by atoms with Gasteiger partial charge >= 0.3 is 0 Å². The summed E-state index contributed by atoms with van der Waals surface area (Å²) in [6, 6.07) is 4.23. The third-order valence-electron chi connectivity index (χ3n) is 3.46. The first kappa shape index (κ1) is 11.7. The predicted molar refractivity (Wildman–Crippen MR) is 68.4 cm³/mol. The van der Waals surface area contributed by atoms with Crippen molar-refractivity contribution < 1.29 is 0 Å². The topological polar surface area (TPSA) is 74.7 Å². The molecule has 0 bridgehead atoms. The van der Waals surface area contributed by atoms with Crippen LogP contribution in [0.3, 0.4) is 0 Å². The highest BCUT2D eigenvalue weighted by atomic mass is 15.0. The minimum Gasteiger partial charge on any atom is -0.397 e. The summed E-state index contributed by atoms with van der Waals surface area (Å²) in [4.78, 5) is 4.22. The Kier molecular flexibility index (Phi) is 3.48. The van der Waals surface area contributed by atoms with Crippen molar-refractivity contribution in [2.24, 2.45) is 5.92 Å². The highest BCUT2D eigenvalue weighted by Gasteiger charge is 2.22. The maximum atomic E-state index is 9.05. The number of rotatable bonds is 2. The number of nitrogens with one attached hydrogen (secondary N) is 1. The Balaban J connectivity index is 2.15. The molecule has 1 aliphatic carbocycles. The molecule has 17 heavy (non-hydrogen) atoms. The number of nitrogens with two attached hydrogens (primary N) is 1. The van der Waals surface area contributed by atoms with Gasteiger partial charge in [0, 0.05) is 6.04 Å².